The molecule has 1 heterocycles. The van der Waals surface area contributed by atoms with Gasteiger partial charge in [0, 0.05) is 18.5 Å². The summed E-state index contributed by atoms with van der Waals surface area (Å²) in [4.78, 5) is 12.0. The predicted octanol–water partition coefficient (Wildman–Crippen LogP) is 2.79. The Morgan fingerprint density at radius 2 is 2.13 bits per heavy atom. The molecule has 1 saturated heterocycles. The third-order valence-electron chi connectivity index (χ3n) is 3.52. The molecule has 1 amide bonds. The van der Waals surface area contributed by atoms with E-state index in [1.807, 2.05) is 45.9 Å². The number of hydrogen-bond donors (Lipinski definition) is 2. The molecule has 0 aromatic heterocycles. The molecular weight excluding hydrogens is 302 g/mol. The molecule has 0 radical (unpaired) electrons. The van der Waals surface area contributed by atoms with Crippen LogP contribution in [0.2, 0.25) is 0 Å². The Kier molecular flexibility index (Phi) is 4.94. The van der Waals surface area contributed by atoms with E-state index in [9.17, 15) is 13.6 Å². The molecule has 1 aliphatic heterocycles. The van der Waals surface area contributed by atoms with Crippen LogP contribution in [0.15, 0.2) is 18.2 Å². The molecule has 0 bridgehead atoms. The first kappa shape index (κ1) is 17.7. The van der Waals surface area contributed by atoms with Crippen LogP contribution in [0.25, 0.3) is 0 Å². The molecular formula is C17H24F2N2O2. The first-order valence-corrected chi connectivity index (χ1v) is 7.73. The summed E-state index contributed by atoms with van der Waals surface area (Å²) in [5, 5.41) is 5.26. The molecule has 1 aromatic rings. The van der Waals surface area contributed by atoms with E-state index in [0.29, 0.717) is 5.75 Å². The third-order valence-corrected chi connectivity index (χ3v) is 3.52. The van der Waals surface area contributed by atoms with Gasteiger partial charge < -0.3 is 10.1 Å². The van der Waals surface area contributed by atoms with Crippen LogP contribution in [0.1, 0.15) is 38.3 Å². The maximum atomic E-state index is 13.1. The van der Waals surface area contributed by atoms with E-state index in [-0.39, 0.29) is 12.1 Å². The van der Waals surface area contributed by atoms with E-state index in [1.54, 1.807) is 0 Å². The van der Waals surface area contributed by atoms with Crippen LogP contribution in [0, 0.1) is 6.92 Å². The zero-order chi connectivity index (χ0) is 17.3. The summed E-state index contributed by atoms with van der Waals surface area (Å²) in [5.74, 6) is -2.53. The number of carbonyl (C=O) groups is 1. The minimum Gasteiger partial charge on any atom is -0.488 e. The van der Waals surface area contributed by atoms with Crippen molar-refractivity contribution in [2.24, 2.45) is 0 Å². The van der Waals surface area contributed by atoms with E-state index >= 15 is 0 Å². The Morgan fingerprint density at radius 3 is 2.70 bits per heavy atom. The highest BCUT2D eigenvalue weighted by molar-refractivity contribution is 5.82. The fourth-order valence-electron chi connectivity index (χ4n) is 2.44. The lowest BCUT2D eigenvalue weighted by Crippen LogP contribution is -2.40. The second kappa shape index (κ2) is 6.43. The van der Waals surface area contributed by atoms with Crippen molar-refractivity contribution in [3.8, 4) is 5.75 Å². The number of amides is 1. The number of aryl methyl sites for hydroxylation is 1. The van der Waals surface area contributed by atoms with Crippen molar-refractivity contribution in [3.05, 3.63) is 29.3 Å². The zero-order valence-electron chi connectivity index (χ0n) is 14.0. The SMILES string of the molecule is Cc1ccc(CNC(=O)C2CC(F)(F)CN2)c(OC(C)(C)C)c1. The van der Waals surface area contributed by atoms with Crippen molar-refractivity contribution in [2.45, 2.75) is 58.2 Å². The third kappa shape index (κ3) is 5.16. The van der Waals surface area contributed by atoms with Gasteiger partial charge in [-0.25, -0.2) is 8.78 Å². The molecule has 128 valence electrons. The minimum atomic E-state index is -2.81. The number of hydrogen-bond acceptors (Lipinski definition) is 3. The maximum absolute atomic E-state index is 13.1. The van der Waals surface area contributed by atoms with Gasteiger partial charge in [0.15, 0.2) is 0 Å². The summed E-state index contributed by atoms with van der Waals surface area (Å²) in [7, 11) is 0. The Balaban J connectivity index is 2.01. The fraction of sp³-hybridized carbons (Fsp3) is 0.588. The topological polar surface area (TPSA) is 50.4 Å². The van der Waals surface area contributed by atoms with Crippen LogP contribution in [0.4, 0.5) is 8.78 Å². The van der Waals surface area contributed by atoms with Crippen LogP contribution in [0.3, 0.4) is 0 Å². The summed E-state index contributed by atoms with van der Waals surface area (Å²) < 4.78 is 32.2. The highest BCUT2D eigenvalue weighted by Gasteiger charge is 2.42. The van der Waals surface area contributed by atoms with Crippen LogP contribution in [0.5, 0.6) is 5.75 Å². The van der Waals surface area contributed by atoms with Crippen molar-refractivity contribution in [2.75, 3.05) is 6.54 Å². The van der Waals surface area contributed by atoms with Crippen molar-refractivity contribution in [1.29, 1.82) is 0 Å². The Morgan fingerprint density at radius 1 is 1.43 bits per heavy atom. The summed E-state index contributed by atoms with van der Waals surface area (Å²) in [6.45, 7) is 7.59. The number of rotatable bonds is 4. The average molecular weight is 326 g/mol. The lowest BCUT2D eigenvalue weighted by Gasteiger charge is -2.24. The maximum Gasteiger partial charge on any atom is 0.262 e. The Bertz CT molecular complexity index is 582. The van der Waals surface area contributed by atoms with E-state index in [1.165, 1.54) is 0 Å². The van der Waals surface area contributed by atoms with Gasteiger partial charge in [0.2, 0.25) is 5.91 Å². The van der Waals surface area contributed by atoms with Crippen LogP contribution in [-0.4, -0.2) is 30.0 Å². The number of carbonyl (C=O) groups excluding carboxylic acids is 1. The molecule has 1 fully saturated rings. The van der Waals surface area contributed by atoms with E-state index in [2.05, 4.69) is 10.6 Å². The Labute approximate surface area is 135 Å². The van der Waals surface area contributed by atoms with Crippen molar-refractivity contribution in [3.63, 3.8) is 0 Å². The first-order valence-electron chi connectivity index (χ1n) is 7.73. The molecule has 0 spiro atoms. The fourth-order valence-corrected chi connectivity index (χ4v) is 2.44. The number of nitrogens with one attached hydrogen (secondary N) is 2. The van der Waals surface area contributed by atoms with E-state index < -0.39 is 30.8 Å². The van der Waals surface area contributed by atoms with Crippen molar-refractivity contribution in [1.82, 2.24) is 10.6 Å². The van der Waals surface area contributed by atoms with Crippen LogP contribution >= 0.6 is 0 Å². The summed E-state index contributed by atoms with van der Waals surface area (Å²) >= 11 is 0. The van der Waals surface area contributed by atoms with Gasteiger partial charge in [-0.1, -0.05) is 12.1 Å². The number of benzene rings is 1. The molecule has 0 aliphatic carbocycles. The first-order chi connectivity index (χ1) is 10.6. The normalized spacial score (nSPS) is 20.3. The van der Waals surface area contributed by atoms with Crippen LogP contribution in [-0.2, 0) is 11.3 Å². The molecule has 1 aliphatic rings. The van der Waals surface area contributed by atoms with Gasteiger partial charge in [-0.05, 0) is 39.3 Å². The molecule has 1 aromatic carbocycles. The van der Waals surface area contributed by atoms with Gasteiger partial charge in [0.1, 0.15) is 11.4 Å². The van der Waals surface area contributed by atoms with Crippen LogP contribution < -0.4 is 15.4 Å². The summed E-state index contributed by atoms with van der Waals surface area (Å²) in [6, 6.07) is 4.88. The van der Waals surface area contributed by atoms with Crippen molar-refractivity contribution >= 4 is 5.91 Å². The van der Waals surface area contributed by atoms with E-state index in [0.717, 1.165) is 11.1 Å². The molecule has 1 unspecified atom stereocenters. The lowest BCUT2D eigenvalue weighted by molar-refractivity contribution is -0.123. The molecule has 4 nitrogen and oxygen atoms in total. The largest absolute Gasteiger partial charge is 0.488 e. The molecule has 1 atom stereocenters. The van der Waals surface area contributed by atoms with Gasteiger partial charge in [0.05, 0.1) is 12.6 Å². The van der Waals surface area contributed by atoms with Gasteiger partial charge in [-0.15, -0.1) is 0 Å². The van der Waals surface area contributed by atoms with Gasteiger partial charge in [0.25, 0.3) is 5.92 Å². The molecule has 6 heteroatoms. The highest BCUT2D eigenvalue weighted by Crippen LogP contribution is 2.26. The molecule has 2 rings (SSSR count). The summed E-state index contributed by atoms with van der Waals surface area (Å²) in [6.07, 6.45) is -0.460. The van der Waals surface area contributed by atoms with E-state index in [4.69, 9.17) is 4.74 Å². The summed E-state index contributed by atoms with van der Waals surface area (Å²) in [5.41, 5.74) is 1.52. The zero-order valence-corrected chi connectivity index (χ0v) is 14.0. The molecule has 2 N–H and O–H groups in total. The predicted molar refractivity (Wildman–Crippen MR) is 84.8 cm³/mol. The minimum absolute atomic E-state index is 0.244. The van der Waals surface area contributed by atoms with Gasteiger partial charge in [-0.2, -0.15) is 0 Å². The van der Waals surface area contributed by atoms with Gasteiger partial charge in [-0.3, -0.25) is 10.1 Å². The standard InChI is InChI=1S/C17H24F2N2O2/c1-11-5-6-12(14(7-11)23-16(2,3)4)9-20-15(22)13-8-17(18,19)10-21-13/h5-7,13,21H,8-10H2,1-4H3,(H,20,22). The van der Waals surface area contributed by atoms with Crippen molar-refractivity contribution < 1.29 is 18.3 Å². The molecule has 23 heavy (non-hydrogen) atoms. The monoisotopic (exact) mass is 326 g/mol. The second-order valence-corrected chi connectivity index (χ2v) is 7.04. The van der Waals surface area contributed by atoms with Gasteiger partial charge >= 0.3 is 0 Å². The second-order valence-electron chi connectivity index (χ2n) is 7.04. The Hall–Kier alpha value is -1.69. The number of alkyl halides is 2. The molecule has 0 saturated carbocycles. The lowest BCUT2D eigenvalue weighted by atomic mass is 10.1. The number of halogens is 2. The highest BCUT2D eigenvalue weighted by atomic mass is 19.3. The smallest absolute Gasteiger partial charge is 0.262 e. The quantitative estimate of drug-likeness (QED) is 0.894. The number of ether oxygens (including phenoxy) is 1. The average Bonchev–Trinajstić information content (AvgIpc) is 2.76.